The van der Waals surface area contributed by atoms with Crippen molar-refractivity contribution in [2.45, 2.75) is 19.4 Å². The quantitative estimate of drug-likeness (QED) is 0.378. The number of morpholine rings is 1. The number of ketones is 1. The molecule has 0 spiro atoms. The molecular weight excluding hydrogens is 420 g/mol. The van der Waals surface area contributed by atoms with Gasteiger partial charge < -0.3 is 19.5 Å². The van der Waals surface area contributed by atoms with Gasteiger partial charge in [-0.25, -0.2) is 0 Å². The van der Waals surface area contributed by atoms with E-state index in [0.717, 1.165) is 30.8 Å². The first kappa shape index (κ1) is 23.0. The van der Waals surface area contributed by atoms with Crippen molar-refractivity contribution in [1.29, 1.82) is 0 Å². The van der Waals surface area contributed by atoms with Crippen molar-refractivity contribution in [3.05, 3.63) is 71.3 Å². The number of benzene rings is 2. The number of carbonyl (C=O) groups is 2. The zero-order valence-electron chi connectivity index (χ0n) is 18.9. The Kier molecular flexibility index (Phi) is 7.42. The van der Waals surface area contributed by atoms with E-state index in [0.29, 0.717) is 38.5 Å². The highest BCUT2D eigenvalue weighted by atomic mass is 16.5. The summed E-state index contributed by atoms with van der Waals surface area (Å²) in [5, 5.41) is 11.1. The lowest BCUT2D eigenvalue weighted by Crippen LogP contribution is -2.42. The molecule has 1 atom stereocenters. The minimum absolute atomic E-state index is 0.121. The summed E-state index contributed by atoms with van der Waals surface area (Å²) in [6, 6.07) is 15.6. The van der Waals surface area contributed by atoms with Gasteiger partial charge in [0.2, 0.25) is 0 Å². The fourth-order valence-corrected chi connectivity index (χ4v) is 4.25. The van der Waals surface area contributed by atoms with Gasteiger partial charge in [-0.3, -0.25) is 14.5 Å². The Labute approximate surface area is 194 Å². The second kappa shape index (κ2) is 10.6. The fraction of sp³-hybridized carbons (Fsp3) is 0.385. The standard InChI is InChI=1S/C26H30N2O5/c1-2-16-33-21-10-8-19(9-11-21)23-22(24(29)20-6-4-3-5-7-20)25(30)26(31)28(23)13-12-27-14-17-32-18-15-27/h3-11,23,29H,2,12-18H2,1H3/b24-22+/t23-/m1/s1. The SMILES string of the molecule is CCCOc1ccc([C@@H]2/C(=C(\O)c3ccccc3)C(=O)C(=O)N2CCN2CCOCC2)cc1. The molecule has 33 heavy (non-hydrogen) atoms. The van der Waals surface area contributed by atoms with Crippen LogP contribution in [-0.2, 0) is 14.3 Å². The van der Waals surface area contributed by atoms with Crippen molar-refractivity contribution < 1.29 is 24.2 Å². The van der Waals surface area contributed by atoms with Gasteiger partial charge >= 0.3 is 0 Å². The molecule has 0 unspecified atom stereocenters. The average Bonchev–Trinajstić information content (AvgIpc) is 3.12. The van der Waals surface area contributed by atoms with E-state index >= 15 is 0 Å². The van der Waals surface area contributed by atoms with Crippen molar-refractivity contribution in [2.75, 3.05) is 46.0 Å². The van der Waals surface area contributed by atoms with Gasteiger partial charge in [0.1, 0.15) is 11.5 Å². The Hall–Kier alpha value is -3.16. The van der Waals surface area contributed by atoms with Crippen LogP contribution in [0.2, 0.25) is 0 Å². The number of likely N-dealkylation sites (tertiary alicyclic amines) is 1. The van der Waals surface area contributed by atoms with Crippen LogP contribution in [-0.4, -0.2) is 72.6 Å². The van der Waals surface area contributed by atoms with E-state index in [9.17, 15) is 14.7 Å². The summed E-state index contributed by atoms with van der Waals surface area (Å²) in [5.74, 6) is -0.667. The van der Waals surface area contributed by atoms with E-state index in [1.54, 1.807) is 29.2 Å². The Morgan fingerprint density at radius 1 is 1.03 bits per heavy atom. The molecule has 0 radical (unpaired) electrons. The van der Waals surface area contributed by atoms with Gasteiger partial charge in [0.05, 0.1) is 31.4 Å². The number of carbonyl (C=O) groups excluding carboxylic acids is 2. The van der Waals surface area contributed by atoms with Crippen molar-refractivity contribution in [3.63, 3.8) is 0 Å². The molecule has 2 fully saturated rings. The highest BCUT2D eigenvalue weighted by Gasteiger charge is 2.46. The number of Topliss-reactive ketones (excluding diaryl/α,β-unsaturated/α-hetero) is 1. The molecule has 7 heteroatoms. The summed E-state index contributed by atoms with van der Waals surface area (Å²) in [5.41, 5.74) is 1.39. The maximum Gasteiger partial charge on any atom is 0.295 e. The van der Waals surface area contributed by atoms with Crippen LogP contribution in [0.4, 0.5) is 0 Å². The predicted molar refractivity (Wildman–Crippen MR) is 125 cm³/mol. The number of amides is 1. The maximum atomic E-state index is 13.1. The zero-order valence-corrected chi connectivity index (χ0v) is 18.9. The Morgan fingerprint density at radius 3 is 2.39 bits per heavy atom. The number of hydrogen-bond acceptors (Lipinski definition) is 6. The normalized spacial score (nSPS) is 20.9. The summed E-state index contributed by atoms with van der Waals surface area (Å²) in [6.45, 7) is 6.59. The van der Waals surface area contributed by atoms with E-state index in [1.165, 1.54) is 0 Å². The number of aliphatic hydroxyl groups is 1. The van der Waals surface area contributed by atoms with Crippen LogP contribution in [0.15, 0.2) is 60.2 Å². The topological polar surface area (TPSA) is 79.3 Å². The second-order valence-electron chi connectivity index (χ2n) is 8.23. The summed E-state index contributed by atoms with van der Waals surface area (Å²) in [4.78, 5) is 30.0. The third kappa shape index (κ3) is 5.10. The molecule has 1 N–H and O–H groups in total. The number of hydrogen-bond donors (Lipinski definition) is 1. The lowest BCUT2D eigenvalue weighted by atomic mass is 9.95. The van der Waals surface area contributed by atoms with E-state index in [2.05, 4.69) is 4.90 Å². The molecule has 2 aromatic carbocycles. The maximum absolute atomic E-state index is 13.1. The van der Waals surface area contributed by atoms with Crippen LogP contribution in [0, 0.1) is 0 Å². The molecular formula is C26H30N2O5. The smallest absolute Gasteiger partial charge is 0.295 e. The van der Waals surface area contributed by atoms with Crippen molar-refractivity contribution in [1.82, 2.24) is 9.80 Å². The average molecular weight is 451 g/mol. The first-order chi connectivity index (χ1) is 16.1. The first-order valence-corrected chi connectivity index (χ1v) is 11.5. The van der Waals surface area contributed by atoms with Crippen LogP contribution < -0.4 is 4.74 Å². The molecule has 2 aliphatic heterocycles. The highest BCUT2D eigenvalue weighted by molar-refractivity contribution is 6.46. The molecule has 7 nitrogen and oxygen atoms in total. The largest absolute Gasteiger partial charge is 0.507 e. The van der Waals surface area contributed by atoms with Gasteiger partial charge in [-0.1, -0.05) is 49.4 Å². The predicted octanol–water partition coefficient (Wildman–Crippen LogP) is 3.23. The fourth-order valence-electron chi connectivity index (χ4n) is 4.25. The molecule has 2 aromatic rings. The molecule has 2 saturated heterocycles. The van der Waals surface area contributed by atoms with Crippen molar-refractivity contribution in [2.24, 2.45) is 0 Å². The lowest BCUT2D eigenvalue weighted by Gasteiger charge is -2.31. The van der Waals surface area contributed by atoms with Crippen molar-refractivity contribution in [3.8, 4) is 5.75 Å². The van der Waals surface area contributed by atoms with Crippen LogP contribution in [0.25, 0.3) is 5.76 Å². The van der Waals surface area contributed by atoms with E-state index in [1.807, 2.05) is 37.3 Å². The van der Waals surface area contributed by atoms with Gasteiger partial charge in [-0.2, -0.15) is 0 Å². The lowest BCUT2D eigenvalue weighted by molar-refractivity contribution is -0.140. The van der Waals surface area contributed by atoms with Crippen LogP contribution in [0.5, 0.6) is 5.75 Å². The molecule has 1 amide bonds. The van der Waals surface area contributed by atoms with Gasteiger partial charge in [0.15, 0.2) is 0 Å². The minimum atomic E-state index is -0.661. The molecule has 0 saturated carbocycles. The molecule has 2 aliphatic rings. The highest BCUT2D eigenvalue weighted by Crippen LogP contribution is 2.39. The van der Waals surface area contributed by atoms with Gasteiger partial charge in [-0.05, 0) is 24.1 Å². The van der Waals surface area contributed by atoms with Gasteiger partial charge in [-0.15, -0.1) is 0 Å². The molecule has 2 heterocycles. The molecule has 0 bridgehead atoms. The summed E-state index contributed by atoms with van der Waals surface area (Å²) in [7, 11) is 0. The molecule has 0 aromatic heterocycles. The van der Waals surface area contributed by atoms with Gasteiger partial charge in [0, 0.05) is 31.7 Å². The first-order valence-electron chi connectivity index (χ1n) is 11.5. The Balaban J connectivity index is 1.68. The van der Waals surface area contributed by atoms with Crippen LogP contribution in [0.1, 0.15) is 30.5 Å². The number of ether oxygens (including phenoxy) is 2. The summed E-state index contributed by atoms with van der Waals surface area (Å²) >= 11 is 0. The number of nitrogens with zero attached hydrogens (tertiary/aromatic N) is 2. The van der Waals surface area contributed by atoms with Crippen molar-refractivity contribution >= 4 is 17.4 Å². The second-order valence-corrected chi connectivity index (χ2v) is 8.23. The molecule has 174 valence electrons. The molecule has 4 rings (SSSR count). The third-order valence-electron chi connectivity index (χ3n) is 6.02. The Morgan fingerprint density at radius 2 is 1.73 bits per heavy atom. The van der Waals surface area contributed by atoms with E-state index < -0.39 is 17.7 Å². The summed E-state index contributed by atoms with van der Waals surface area (Å²) in [6.07, 6.45) is 0.903. The minimum Gasteiger partial charge on any atom is -0.507 e. The molecule has 0 aliphatic carbocycles. The van der Waals surface area contributed by atoms with E-state index in [4.69, 9.17) is 9.47 Å². The van der Waals surface area contributed by atoms with E-state index in [-0.39, 0.29) is 11.3 Å². The zero-order chi connectivity index (χ0) is 23.2. The summed E-state index contributed by atoms with van der Waals surface area (Å²) < 4.78 is 11.1. The third-order valence-corrected chi connectivity index (χ3v) is 6.02. The van der Waals surface area contributed by atoms with Gasteiger partial charge in [0.25, 0.3) is 11.7 Å². The monoisotopic (exact) mass is 450 g/mol. The van der Waals surface area contributed by atoms with Crippen LogP contribution in [0.3, 0.4) is 0 Å². The number of rotatable bonds is 8. The number of aliphatic hydroxyl groups excluding tert-OH is 1. The van der Waals surface area contributed by atoms with Crippen LogP contribution >= 0.6 is 0 Å². The Bertz CT molecular complexity index is 997.